The number of nitrogens with zero attached hydrogens (tertiary/aromatic N) is 1. The number of thioether (sulfide) groups is 1. The third-order valence-electron chi connectivity index (χ3n) is 3.03. The Morgan fingerprint density at radius 1 is 1.43 bits per heavy atom. The highest BCUT2D eigenvalue weighted by Crippen LogP contribution is 2.07. The van der Waals surface area contributed by atoms with Crippen molar-refractivity contribution in [1.29, 1.82) is 0 Å². The van der Waals surface area contributed by atoms with Crippen molar-refractivity contribution >= 4 is 23.5 Å². The van der Waals surface area contributed by atoms with Crippen LogP contribution in [0.15, 0.2) is 29.4 Å². The molecule has 6 heteroatoms. The van der Waals surface area contributed by atoms with Crippen molar-refractivity contribution in [3.63, 3.8) is 0 Å². The average molecular weight is 309 g/mol. The zero-order valence-corrected chi connectivity index (χ0v) is 13.3. The summed E-state index contributed by atoms with van der Waals surface area (Å²) in [7, 11) is 0. The largest absolute Gasteiger partial charge is 0.409 e. The molecule has 4 N–H and O–H groups in total. The van der Waals surface area contributed by atoms with E-state index in [9.17, 15) is 4.79 Å². The molecule has 116 valence electrons. The number of hydrogen-bond acceptors (Lipinski definition) is 4. The van der Waals surface area contributed by atoms with Gasteiger partial charge in [-0.25, -0.2) is 0 Å². The van der Waals surface area contributed by atoms with Crippen LogP contribution in [0.3, 0.4) is 0 Å². The van der Waals surface area contributed by atoms with Crippen molar-refractivity contribution < 1.29 is 10.0 Å². The van der Waals surface area contributed by atoms with E-state index in [1.54, 1.807) is 12.1 Å². The van der Waals surface area contributed by atoms with Gasteiger partial charge in [-0.3, -0.25) is 4.79 Å². The molecule has 0 saturated carbocycles. The molecule has 0 aliphatic carbocycles. The lowest BCUT2D eigenvalue weighted by atomic mass is 10.1. The number of carbonyl (C=O) groups is 1. The minimum atomic E-state index is 0.0144. The van der Waals surface area contributed by atoms with Crippen LogP contribution in [0.2, 0.25) is 0 Å². The van der Waals surface area contributed by atoms with Crippen molar-refractivity contribution in [2.45, 2.75) is 32.7 Å². The van der Waals surface area contributed by atoms with Gasteiger partial charge in [-0.2, -0.15) is 11.8 Å². The first-order chi connectivity index (χ1) is 10.1. The number of rotatable bonds is 8. The fourth-order valence-electron chi connectivity index (χ4n) is 1.84. The summed E-state index contributed by atoms with van der Waals surface area (Å²) in [6.45, 7) is 4.15. The van der Waals surface area contributed by atoms with Gasteiger partial charge in [0.15, 0.2) is 5.84 Å². The lowest BCUT2D eigenvalue weighted by Crippen LogP contribution is -2.34. The van der Waals surface area contributed by atoms with Gasteiger partial charge < -0.3 is 16.3 Å². The molecular formula is C15H23N3O2S. The molecule has 0 fully saturated rings. The molecule has 0 aromatic heterocycles. The lowest BCUT2D eigenvalue weighted by molar-refractivity contribution is -0.121. The van der Waals surface area contributed by atoms with Crippen molar-refractivity contribution in [3.05, 3.63) is 35.4 Å². The second-order valence-electron chi connectivity index (χ2n) is 4.81. The van der Waals surface area contributed by atoms with E-state index in [4.69, 9.17) is 10.9 Å². The Hall–Kier alpha value is -1.69. The summed E-state index contributed by atoms with van der Waals surface area (Å²) >= 11 is 1.88. The number of nitrogens with one attached hydrogen (secondary N) is 1. The molecule has 1 aromatic rings. The van der Waals surface area contributed by atoms with E-state index in [1.165, 1.54) is 0 Å². The van der Waals surface area contributed by atoms with E-state index in [0.717, 1.165) is 23.5 Å². The Labute approximate surface area is 130 Å². The lowest BCUT2D eigenvalue weighted by Gasteiger charge is -2.13. The monoisotopic (exact) mass is 309 g/mol. The highest BCUT2D eigenvalue weighted by Gasteiger charge is 2.08. The van der Waals surface area contributed by atoms with Gasteiger partial charge in [0.1, 0.15) is 0 Å². The van der Waals surface area contributed by atoms with Crippen molar-refractivity contribution in [2.75, 3.05) is 11.5 Å². The van der Waals surface area contributed by atoms with E-state index in [2.05, 4.69) is 17.4 Å². The van der Waals surface area contributed by atoms with Gasteiger partial charge in [0.05, 0.1) is 6.42 Å². The molecule has 5 nitrogen and oxygen atoms in total. The van der Waals surface area contributed by atoms with Crippen LogP contribution < -0.4 is 11.1 Å². The third kappa shape index (κ3) is 6.53. The Morgan fingerprint density at radius 3 is 2.67 bits per heavy atom. The van der Waals surface area contributed by atoms with E-state index < -0.39 is 0 Å². The summed E-state index contributed by atoms with van der Waals surface area (Å²) in [6, 6.07) is 7.28. The summed E-state index contributed by atoms with van der Waals surface area (Å²) in [5.41, 5.74) is 7.02. The number of amides is 1. The van der Waals surface area contributed by atoms with Gasteiger partial charge in [0, 0.05) is 11.6 Å². The quantitative estimate of drug-likeness (QED) is 0.225. The van der Waals surface area contributed by atoms with Gasteiger partial charge in [0.25, 0.3) is 0 Å². The predicted molar refractivity (Wildman–Crippen MR) is 87.9 cm³/mol. The Morgan fingerprint density at radius 2 is 2.10 bits per heavy atom. The Bertz CT molecular complexity index is 474. The zero-order valence-electron chi connectivity index (χ0n) is 12.5. The number of carbonyl (C=O) groups excluding carboxylic acids is 1. The smallest absolute Gasteiger partial charge is 0.224 e. The van der Waals surface area contributed by atoms with Gasteiger partial charge in [-0.1, -0.05) is 36.3 Å². The molecule has 0 heterocycles. The first-order valence-electron chi connectivity index (χ1n) is 7.00. The number of hydrogen-bond donors (Lipinski definition) is 3. The van der Waals surface area contributed by atoms with Crippen LogP contribution in [-0.2, 0) is 11.2 Å². The van der Waals surface area contributed by atoms with Crippen LogP contribution in [0.25, 0.3) is 0 Å². The predicted octanol–water partition coefficient (Wildman–Crippen LogP) is 1.97. The van der Waals surface area contributed by atoms with Crippen LogP contribution in [0.1, 0.15) is 31.4 Å². The normalized spacial score (nSPS) is 13.0. The molecule has 0 aliphatic heterocycles. The molecule has 1 atom stereocenters. The Kier molecular flexibility index (Phi) is 7.68. The molecule has 1 rings (SSSR count). The average Bonchev–Trinajstić information content (AvgIpc) is 2.47. The van der Waals surface area contributed by atoms with E-state index in [-0.39, 0.29) is 17.8 Å². The van der Waals surface area contributed by atoms with Crippen LogP contribution in [0.5, 0.6) is 0 Å². The zero-order chi connectivity index (χ0) is 15.7. The molecule has 1 aromatic carbocycles. The summed E-state index contributed by atoms with van der Waals surface area (Å²) < 4.78 is 0. The van der Waals surface area contributed by atoms with Gasteiger partial charge >= 0.3 is 0 Å². The highest BCUT2D eigenvalue weighted by atomic mass is 32.2. The van der Waals surface area contributed by atoms with Gasteiger partial charge in [-0.05, 0) is 30.4 Å². The second-order valence-corrected chi connectivity index (χ2v) is 6.21. The molecule has 0 radical (unpaired) electrons. The Balaban J connectivity index is 2.44. The maximum atomic E-state index is 11.9. The maximum Gasteiger partial charge on any atom is 0.224 e. The van der Waals surface area contributed by atoms with Crippen molar-refractivity contribution in [3.8, 4) is 0 Å². The first-order valence-corrected chi connectivity index (χ1v) is 8.16. The van der Waals surface area contributed by atoms with Gasteiger partial charge in [-0.15, -0.1) is 0 Å². The number of oxime groups is 1. The van der Waals surface area contributed by atoms with Crippen molar-refractivity contribution in [2.24, 2.45) is 10.9 Å². The van der Waals surface area contributed by atoms with Crippen LogP contribution in [-0.4, -0.2) is 34.5 Å². The SMILES string of the molecule is CCSCCC(C)NC(=O)Cc1ccc(/C(N)=N/O)cc1. The summed E-state index contributed by atoms with van der Waals surface area (Å²) in [6.07, 6.45) is 1.31. The fourth-order valence-corrected chi connectivity index (χ4v) is 2.65. The summed E-state index contributed by atoms with van der Waals surface area (Å²) in [5.74, 6) is 2.24. The van der Waals surface area contributed by atoms with E-state index in [0.29, 0.717) is 12.0 Å². The van der Waals surface area contributed by atoms with E-state index >= 15 is 0 Å². The molecule has 21 heavy (non-hydrogen) atoms. The number of amidine groups is 1. The third-order valence-corrected chi connectivity index (χ3v) is 3.96. The summed E-state index contributed by atoms with van der Waals surface area (Å²) in [5, 5.41) is 14.5. The first kappa shape index (κ1) is 17.4. The molecule has 0 spiro atoms. The minimum absolute atomic E-state index is 0.0144. The maximum absolute atomic E-state index is 11.9. The highest BCUT2D eigenvalue weighted by molar-refractivity contribution is 7.99. The van der Waals surface area contributed by atoms with E-state index in [1.807, 2.05) is 30.8 Å². The molecule has 1 amide bonds. The fraction of sp³-hybridized carbons (Fsp3) is 0.467. The van der Waals surface area contributed by atoms with Crippen LogP contribution in [0, 0.1) is 0 Å². The van der Waals surface area contributed by atoms with Crippen LogP contribution >= 0.6 is 11.8 Å². The molecule has 0 aliphatic rings. The number of nitrogens with two attached hydrogens (primary N) is 1. The minimum Gasteiger partial charge on any atom is -0.409 e. The van der Waals surface area contributed by atoms with Crippen LogP contribution in [0.4, 0.5) is 0 Å². The molecule has 0 saturated heterocycles. The second kappa shape index (κ2) is 9.28. The topological polar surface area (TPSA) is 87.7 Å². The van der Waals surface area contributed by atoms with Crippen molar-refractivity contribution in [1.82, 2.24) is 5.32 Å². The summed E-state index contributed by atoms with van der Waals surface area (Å²) in [4.78, 5) is 11.9. The molecule has 1 unspecified atom stereocenters. The molecular weight excluding hydrogens is 286 g/mol. The number of benzene rings is 1. The molecule has 0 bridgehead atoms. The van der Waals surface area contributed by atoms with Gasteiger partial charge in [0.2, 0.25) is 5.91 Å². The standard InChI is InChI=1S/C15H23N3O2S/c1-3-21-9-8-11(2)17-14(19)10-12-4-6-13(7-5-12)15(16)18-20/h4-7,11,20H,3,8-10H2,1-2H3,(H2,16,18)(H,17,19).